The number of rotatable bonds is 3. The lowest BCUT2D eigenvalue weighted by molar-refractivity contribution is -0.0322. The van der Waals surface area contributed by atoms with Gasteiger partial charge in [0, 0.05) is 5.92 Å². The summed E-state index contributed by atoms with van der Waals surface area (Å²) in [6, 6.07) is -0.205. The molecular weight excluding hydrogens is 194 g/mol. The Kier molecular flexibility index (Phi) is 3.05. The van der Waals surface area contributed by atoms with Crippen molar-refractivity contribution in [2.45, 2.75) is 44.9 Å². The predicted octanol–water partition coefficient (Wildman–Crippen LogP) is 2.24. The van der Waals surface area contributed by atoms with Gasteiger partial charge in [-0.2, -0.15) is 4.91 Å². The van der Waals surface area contributed by atoms with Gasteiger partial charge in [0.05, 0.1) is 24.6 Å². The summed E-state index contributed by atoms with van der Waals surface area (Å²) >= 11 is 0. The number of nitrogens with zero attached hydrogens (tertiary/aromatic N) is 1. The van der Waals surface area contributed by atoms with E-state index in [9.17, 15) is 4.91 Å². The highest BCUT2D eigenvalue weighted by atomic mass is 16.5. The van der Waals surface area contributed by atoms with E-state index in [-0.39, 0.29) is 24.2 Å². The minimum absolute atomic E-state index is 0.180. The Bertz CT molecular complexity index is 275. The maximum Gasteiger partial charge on any atom is 0.116 e. The smallest absolute Gasteiger partial charge is 0.116 e. The summed E-state index contributed by atoms with van der Waals surface area (Å²) in [5.41, 5.74) is 0. The fraction of sp³-hybridized carbons (Fsp3) is 0.818. The third-order valence-electron chi connectivity index (χ3n) is 2.92. The standard InChI is InChI=1S/C11H17NO3/c1-7(2)15-11-4-3-10-9(11)5-8(12-13)6-14-10/h4,7-10H,3,5-6H2,1-2H3. The van der Waals surface area contributed by atoms with Crippen LogP contribution < -0.4 is 0 Å². The molecule has 1 heterocycles. The van der Waals surface area contributed by atoms with Crippen molar-refractivity contribution in [2.24, 2.45) is 11.1 Å². The van der Waals surface area contributed by atoms with Gasteiger partial charge in [0.2, 0.25) is 0 Å². The van der Waals surface area contributed by atoms with E-state index in [4.69, 9.17) is 9.47 Å². The van der Waals surface area contributed by atoms with Crippen LogP contribution in [0, 0.1) is 10.8 Å². The van der Waals surface area contributed by atoms with Crippen LogP contribution in [0.2, 0.25) is 0 Å². The summed E-state index contributed by atoms with van der Waals surface area (Å²) in [4.78, 5) is 10.5. The van der Waals surface area contributed by atoms with Crippen LogP contribution in [0.3, 0.4) is 0 Å². The van der Waals surface area contributed by atoms with Gasteiger partial charge in [-0.1, -0.05) is 5.18 Å². The van der Waals surface area contributed by atoms with Crippen LogP contribution in [0.5, 0.6) is 0 Å². The molecular formula is C11H17NO3. The Morgan fingerprint density at radius 3 is 3.07 bits per heavy atom. The zero-order chi connectivity index (χ0) is 10.8. The minimum atomic E-state index is -0.205. The van der Waals surface area contributed by atoms with Crippen LogP contribution in [0.1, 0.15) is 26.7 Å². The Balaban J connectivity index is 2.00. The molecule has 0 radical (unpaired) electrons. The van der Waals surface area contributed by atoms with E-state index in [1.165, 1.54) is 0 Å². The minimum Gasteiger partial charge on any atom is -0.495 e. The molecule has 4 heteroatoms. The van der Waals surface area contributed by atoms with Crippen LogP contribution in [-0.4, -0.2) is 24.9 Å². The molecule has 15 heavy (non-hydrogen) atoms. The summed E-state index contributed by atoms with van der Waals surface area (Å²) in [6.45, 7) is 4.48. The molecule has 1 aliphatic heterocycles. The summed E-state index contributed by atoms with van der Waals surface area (Å²) in [6.07, 6.45) is 4.14. The average molecular weight is 211 g/mol. The van der Waals surface area contributed by atoms with E-state index >= 15 is 0 Å². The van der Waals surface area contributed by atoms with Crippen LogP contribution >= 0.6 is 0 Å². The van der Waals surface area contributed by atoms with E-state index in [2.05, 4.69) is 11.3 Å². The monoisotopic (exact) mass is 211 g/mol. The van der Waals surface area contributed by atoms with Gasteiger partial charge in [-0.05, 0) is 32.8 Å². The van der Waals surface area contributed by atoms with Crippen molar-refractivity contribution < 1.29 is 9.47 Å². The number of fused-ring (bicyclic) bond motifs is 1. The molecule has 84 valence electrons. The van der Waals surface area contributed by atoms with Gasteiger partial charge in [-0.25, -0.2) is 0 Å². The molecule has 4 nitrogen and oxygen atoms in total. The van der Waals surface area contributed by atoms with Gasteiger partial charge >= 0.3 is 0 Å². The first kappa shape index (κ1) is 10.6. The van der Waals surface area contributed by atoms with Crippen LogP contribution in [0.4, 0.5) is 0 Å². The van der Waals surface area contributed by atoms with Crippen molar-refractivity contribution in [1.82, 2.24) is 0 Å². The molecule has 0 amide bonds. The van der Waals surface area contributed by atoms with Crippen molar-refractivity contribution in [1.29, 1.82) is 0 Å². The largest absolute Gasteiger partial charge is 0.495 e. The highest BCUT2D eigenvalue weighted by Gasteiger charge is 2.38. The van der Waals surface area contributed by atoms with Crippen molar-refractivity contribution in [3.8, 4) is 0 Å². The quantitative estimate of drug-likeness (QED) is 0.672. The molecule has 0 saturated carbocycles. The first-order chi connectivity index (χ1) is 7.20. The Labute approximate surface area is 89.6 Å². The summed E-state index contributed by atoms with van der Waals surface area (Å²) in [5.74, 6) is 1.23. The second kappa shape index (κ2) is 4.31. The van der Waals surface area contributed by atoms with Crippen molar-refractivity contribution in [2.75, 3.05) is 6.61 Å². The summed E-state index contributed by atoms with van der Waals surface area (Å²) in [5, 5.41) is 3.06. The average Bonchev–Trinajstić information content (AvgIpc) is 2.60. The second-order valence-corrected chi connectivity index (χ2v) is 4.48. The van der Waals surface area contributed by atoms with Crippen molar-refractivity contribution in [3.05, 3.63) is 16.7 Å². The lowest BCUT2D eigenvalue weighted by Crippen LogP contribution is -2.35. The van der Waals surface area contributed by atoms with Gasteiger partial charge < -0.3 is 9.47 Å². The highest BCUT2D eigenvalue weighted by Crippen LogP contribution is 2.37. The molecule has 3 atom stereocenters. The van der Waals surface area contributed by atoms with E-state index in [1.54, 1.807) is 0 Å². The van der Waals surface area contributed by atoms with Gasteiger partial charge in [0.1, 0.15) is 6.04 Å². The highest BCUT2D eigenvalue weighted by molar-refractivity contribution is 5.13. The van der Waals surface area contributed by atoms with Crippen molar-refractivity contribution >= 4 is 0 Å². The van der Waals surface area contributed by atoms with Gasteiger partial charge in [0.25, 0.3) is 0 Å². The Morgan fingerprint density at radius 2 is 2.40 bits per heavy atom. The molecule has 0 aromatic carbocycles. The normalized spacial score (nSPS) is 34.9. The second-order valence-electron chi connectivity index (χ2n) is 4.48. The fourth-order valence-electron chi connectivity index (χ4n) is 2.26. The molecule has 0 bridgehead atoms. The van der Waals surface area contributed by atoms with Gasteiger partial charge in [0.15, 0.2) is 0 Å². The van der Waals surface area contributed by atoms with Crippen LogP contribution in [0.15, 0.2) is 17.0 Å². The topological polar surface area (TPSA) is 47.9 Å². The van der Waals surface area contributed by atoms with Crippen LogP contribution in [-0.2, 0) is 9.47 Å². The maximum absolute atomic E-state index is 10.5. The summed E-state index contributed by atoms with van der Waals surface area (Å²) < 4.78 is 11.3. The molecule has 0 spiro atoms. The zero-order valence-electron chi connectivity index (χ0n) is 9.18. The number of ether oxygens (including phenoxy) is 2. The Hall–Kier alpha value is -0.900. The summed E-state index contributed by atoms with van der Waals surface area (Å²) in [7, 11) is 0. The van der Waals surface area contributed by atoms with Gasteiger partial charge in [-0.3, -0.25) is 0 Å². The molecule has 3 unspecified atom stereocenters. The third kappa shape index (κ3) is 2.20. The molecule has 2 aliphatic rings. The SMILES string of the molecule is CC(C)OC1=CCC2OCC(N=O)CC12. The first-order valence-corrected chi connectivity index (χ1v) is 5.51. The molecule has 0 N–H and O–H groups in total. The number of nitroso groups, excluding NO2 is 1. The number of hydrogen-bond donors (Lipinski definition) is 0. The predicted molar refractivity (Wildman–Crippen MR) is 56.4 cm³/mol. The van der Waals surface area contributed by atoms with E-state index < -0.39 is 0 Å². The lowest BCUT2D eigenvalue weighted by atomic mass is 9.93. The number of hydrogen-bond acceptors (Lipinski definition) is 4. The van der Waals surface area contributed by atoms with E-state index in [1.807, 2.05) is 13.8 Å². The molecule has 0 aromatic rings. The molecule has 1 fully saturated rings. The molecule has 0 aromatic heterocycles. The molecule has 2 rings (SSSR count). The third-order valence-corrected chi connectivity index (χ3v) is 2.92. The fourth-order valence-corrected chi connectivity index (χ4v) is 2.26. The zero-order valence-corrected chi connectivity index (χ0v) is 9.18. The van der Waals surface area contributed by atoms with Gasteiger partial charge in [-0.15, -0.1) is 0 Å². The lowest BCUT2D eigenvalue weighted by Gasteiger charge is -2.30. The first-order valence-electron chi connectivity index (χ1n) is 5.51. The molecule has 1 aliphatic carbocycles. The molecule has 1 saturated heterocycles. The van der Waals surface area contributed by atoms with E-state index in [0.717, 1.165) is 18.6 Å². The van der Waals surface area contributed by atoms with Crippen LogP contribution in [0.25, 0.3) is 0 Å². The maximum atomic E-state index is 10.5. The Morgan fingerprint density at radius 1 is 1.60 bits per heavy atom. The van der Waals surface area contributed by atoms with Crippen molar-refractivity contribution in [3.63, 3.8) is 0 Å². The van der Waals surface area contributed by atoms with E-state index in [0.29, 0.717) is 6.61 Å².